The van der Waals surface area contributed by atoms with Crippen molar-refractivity contribution in [1.29, 1.82) is 0 Å². The molecule has 1 aromatic heterocycles. The summed E-state index contributed by atoms with van der Waals surface area (Å²) in [6, 6.07) is 10.0. The number of carbonyl (C=O) groups is 1. The lowest BCUT2D eigenvalue weighted by Crippen LogP contribution is -2.24. The van der Waals surface area contributed by atoms with E-state index in [1.807, 2.05) is 18.2 Å². The molecule has 1 amide bonds. The van der Waals surface area contributed by atoms with Crippen molar-refractivity contribution in [2.45, 2.75) is 25.7 Å². The minimum absolute atomic E-state index is 0.149. The molecule has 2 aromatic rings. The minimum atomic E-state index is 0.149. The van der Waals surface area contributed by atoms with Crippen LogP contribution in [0.2, 0.25) is 0 Å². The molecule has 1 fully saturated rings. The molecule has 4 rings (SSSR count). The first kappa shape index (κ1) is 15.1. The Balaban J connectivity index is 1.49. The zero-order valence-electron chi connectivity index (χ0n) is 13.6. The molecule has 0 spiro atoms. The van der Waals surface area contributed by atoms with Crippen LogP contribution in [0.5, 0.6) is 11.5 Å². The molecule has 5 heteroatoms. The minimum Gasteiger partial charge on any atom is -0.456 e. The number of rotatable bonds is 3. The highest BCUT2D eigenvalue weighted by molar-refractivity contribution is 5.94. The van der Waals surface area contributed by atoms with Crippen LogP contribution in [0.15, 0.2) is 36.5 Å². The van der Waals surface area contributed by atoms with Crippen molar-refractivity contribution in [1.82, 2.24) is 10.3 Å². The van der Waals surface area contributed by atoms with Crippen LogP contribution in [-0.4, -0.2) is 30.5 Å². The summed E-state index contributed by atoms with van der Waals surface area (Å²) >= 11 is 0. The fourth-order valence-electron chi connectivity index (χ4n) is 3.33. The molecule has 2 aliphatic rings. The maximum absolute atomic E-state index is 11.8. The number of fused-ring (bicyclic) bond motifs is 1. The first-order chi connectivity index (χ1) is 11.8. The molecular weight excluding hydrogens is 302 g/mol. The topological polar surface area (TPSA) is 54.5 Å². The van der Waals surface area contributed by atoms with Gasteiger partial charge in [0, 0.05) is 13.0 Å². The normalized spacial score (nSPS) is 17.5. The summed E-state index contributed by atoms with van der Waals surface area (Å²) in [4.78, 5) is 17.9. The fraction of sp³-hybridized carbons (Fsp3) is 0.368. The Hall–Kier alpha value is -2.40. The summed E-state index contributed by atoms with van der Waals surface area (Å²) < 4.78 is 5.94. The number of aromatic nitrogens is 1. The highest BCUT2D eigenvalue weighted by Crippen LogP contribution is 2.27. The van der Waals surface area contributed by atoms with Crippen molar-refractivity contribution < 1.29 is 9.53 Å². The van der Waals surface area contributed by atoms with E-state index in [4.69, 9.17) is 4.74 Å². The van der Waals surface area contributed by atoms with E-state index < -0.39 is 0 Å². The SMILES string of the molecule is O=C1CCCN1c1ccc(Oc2ccc3c(c2)CCNCC3)cn1. The van der Waals surface area contributed by atoms with Gasteiger partial charge in [0.2, 0.25) is 5.91 Å². The lowest BCUT2D eigenvalue weighted by Gasteiger charge is -2.15. The maximum Gasteiger partial charge on any atom is 0.228 e. The second-order valence-corrected chi connectivity index (χ2v) is 6.28. The second kappa shape index (κ2) is 6.61. The lowest BCUT2D eigenvalue weighted by molar-refractivity contribution is -0.117. The van der Waals surface area contributed by atoms with E-state index in [9.17, 15) is 4.79 Å². The average Bonchev–Trinajstić information content (AvgIpc) is 2.89. The Kier molecular flexibility index (Phi) is 4.17. The Morgan fingerprint density at radius 1 is 1.00 bits per heavy atom. The van der Waals surface area contributed by atoms with Crippen LogP contribution in [0.25, 0.3) is 0 Å². The number of amides is 1. The van der Waals surface area contributed by atoms with E-state index in [-0.39, 0.29) is 5.91 Å². The van der Waals surface area contributed by atoms with Gasteiger partial charge in [-0.1, -0.05) is 6.07 Å². The zero-order chi connectivity index (χ0) is 16.4. The Morgan fingerprint density at radius 2 is 1.83 bits per heavy atom. The first-order valence-corrected chi connectivity index (χ1v) is 8.56. The molecule has 0 radical (unpaired) electrons. The molecule has 1 saturated heterocycles. The molecule has 0 bridgehead atoms. The van der Waals surface area contributed by atoms with Crippen LogP contribution in [0.3, 0.4) is 0 Å². The van der Waals surface area contributed by atoms with Gasteiger partial charge in [-0.05, 0) is 67.7 Å². The molecule has 124 valence electrons. The summed E-state index contributed by atoms with van der Waals surface area (Å²) in [6.07, 6.45) is 5.30. The highest BCUT2D eigenvalue weighted by atomic mass is 16.5. The number of anilines is 1. The summed E-state index contributed by atoms with van der Waals surface area (Å²) in [6.45, 7) is 2.80. The molecule has 24 heavy (non-hydrogen) atoms. The summed E-state index contributed by atoms with van der Waals surface area (Å²) in [7, 11) is 0. The number of nitrogens with one attached hydrogen (secondary N) is 1. The van der Waals surface area contributed by atoms with E-state index in [0.717, 1.165) is 44.6 Å². The molecular formula is C19H21N3O2. The van der Waals surface area contributed by atoms with Crippen LogP contribution < -0.4 is 15.0 Å². The molecule has 0 saturated carbocycles. The quantitative estimate of drug-likeness (QED) is 0.943. The summed E-state index contributed by atoms with van der Waals surface area (Å²) in [5, 5.41) is 3.42. The number of carbonyl (C=O) groups excluding carboxylic acids is 1. The van der Waals surface area contributed by atoms with Crippen LogP contribution in [0, 0.1) is 0 Å². The van der Waals surface area contributed by atoms with Gasteiger partial charge in [-0.2, -0.15) is 0 Å². The van der Waals surface area contributed by atoms with E-state index in [0.29, 0.717) is 18.0 Å². The molecule has 1 aromatic carbocycles. The number of hydrogen-bond acceptors (Lipinski definition) is 4. The molecule has 0 atom stereocenters. The summed E-state index contributed by atoms with van der Waals surface area (Å²) in [5.74, 6) is 2.38. The summed E-state index contributed by atoms with van der Waals surface area (Å²) in [5.41, 5.74) is 2.75. The van der Waals surface area contributed by atoms with Crippen LogP contribution in [-0.2, 0) is 17.6 Å². The molecule has 3 heterocycles. The van der Waals surface area contributed by atoms with Gasteiger partial charge in [0.1, 0.15) is 17.3 Å². The third-order valence-electron chi connectivity index (χ3n) is 4.63. The van der Waals surface area contributed by atoms with Gasteiger partial charge < -0.3 is 10.1 Å². The number of nitrogens with zero attached hydrogens (tertiary/aromatic N) is 2. The molecule has 2 aliphatic heterocycles. The van der Waals surface area contributed by atoms with Gasteiger partial charge in [-0.3, -0.25) is 9.69 Å². The van der Waals surface area contributed by atoms with E-state index in [1.165, 1.54) is 11.1 Å². The molecule has 0 aliphatic carbocycles. The number of benzene rings is 1. The largest absolute Gasteiger partial charge is 0.456 e. The van der Waals surface area contributed by atoms with Gasteiger partial charge in [-0.15, -0.1) is 0 Å². The van der Waals surface area contributed by atoms with Gasteiger partial charge in [0.05, 0.1) is 6.20 Å². The Morgan fingerprint density at radius 3 is 2.58 bits per heavy atom. The van der Waals surface area contributed by atoms with Crippen molar-refractivity contribution in [3.05, 3.63) is 47.7 Å². The fourth-order valence-corrected chi connectivity index (χ4v) is 3.33. The highest BCUT2D eigenvalue weighted by Gasteiger charge is 2.22. The van der Waals surface area contributed by atoms with E-state index >= 15 is 0 Å². The second-order valence-electron chi connectivity index (χ2n) is 6.28. The number of hydrogen-bond donors (Lipinski definition) is 1. The Labute approximate surface area is 141 Å². The van der Waals surface area contributed by atoms with E-state index in [2.05, 4.69) is 22.4 Å². The third kappa shape index (κ3) is 3.12. The van der Waals surface area contributed by atoms with Crippen molar-refractivity contribution in [3.8, 4) is 11.5 Å². The number of pyridine rings is 1. The van der Waals surface area contributed by atoms with Crippen LogP contribution in [0.1, 0.15) is 24.0 Å². The average molecular weight is 323 g/mol. The monoisotopic (exact) mass is 323 g/mol. The van der Waals surface area contributed by atoms with Gasteiger partial charge >= 0.3 is 0 Å². The van der Waals surface area contributed by atoms with Crippen molar-refractivity contribution in [2.24, 2.45) is 0 Å². The van der Waals surface area contributed by atoms with Gasteiger partial charge in [0.15, 0.2) is 0 Å². The smallest absolute Gasteiger partial charge is 0.228 e. The molecule has 1 N–H and O–H groups in total. The standard InChI is InChI=1S/C19H21N3O2/c23-19-2-1-11-22(19)18-6-5-17(13-21-18)24-16-4-3-14-7-9-20-10-8-15(14)12-16/h3-6,12-13,20H,1-2,7-11H2. The predicted octanol–water partition coefficient (Wildman–Crippen LogP) is 2.69. The number of ether oxygens (including phenoxy) is 1. The van der Waals surface area contributed by atoms with Crippen LogP contribution >= 0.6 is 0 Å². The molecule has 0 unspecified atom stereocenters. The van der Waals surface area contributed by atoms with Crippen molar-refractivity contribution in [2.75, 3.05) is 24.5 Å². The molecule has 5 nitrogen and oxygen atoms in total. The third-order valence-corrected chi connectivity index (χ3v) is 4.63. The first-order valence-electron chi connectivity index (χ1n) is 8.56. The lowest BCUT2D eigenvalue weighted by atomic mass is 10.0. The van der Waals surface area contributed by atoms with Crippen LogP contribution in [0.4, 0.5) is 5.82 Å². The van der Waals surface area contributed by atoms with E-state index in [1.54, 1.807) is 11.1 Å². The zero-order valence-corrected chi connectivity index (χ0v) is 13.6. The van der Waals surface area contributed by atoms with Crippen molar-refractivity contribution in [3.63, 3.8) is 0 Å². The maximum atomic E-state index is 11.8. The van der Waals surface area contributed by atoms with Crippen molar-refractivity contribution >= 4 is 11.7 Å². The Bertz CT molecular complexity index is 743. The van der Waals surface area contributed by atoms with Gasteiger partial charge in [-0.25, -0.2) is 4.98 Å². The van der Waals surface area contributed by atoms with Gasteiger partial charge in [0.25, 0.3) is 0 Å². The predicted molar refractivity (Wildman–Crippen MR) is 92.6 cm³/mol.